The van der Waals surface area contributed by atoms with Crippen molar-refractivity contribution < 1.29 is 24.1 Å². The zero-order valence-corrected chi connectivity index (χ0v) is 17.2. The van der Waals surface area contributed by atoms with Gasteiger partial charge in [-0.15, -0.1) is 11.3 Å². The number of ether oxygens (including phenoxy) is 1. The van der Waals surface area contributed by atoms with Gasteiger partial charge in [-0.3, -0.25) is 9.20 Å². The summed E-state index contributed by atoms with van der Waals surface area (Å²) in [5, 5.41) is 21.1. The standard InChI is InChI=1S/C22H19FN2O5S/c23-15-4-13-17-20(18(15)24-5-10-2-1-3-11(7-26)14(10)6-24)30-8-12-9-31-21(25(12)17)16(19(13)27)22(28)29/h1,3-4,9-11,14,26H,2,5-8H2,(H,28,29). The molecule has 9 heteroatoms. The molecule has 31 heavy (non-hydrogen) atoms. The van der Waals surface area contributed by atoms with E-state index in [1.165, 1.54) is 11.3 Å². The number of carbonyl (C=O) groups is 1. The van der Waals surface area contributed by atoms with E-state index in [0.29, 0.717) is 35.0 Å². The fraction of sp³-hybridized carbons (Fsp3) is 0.364. The van der Waals surface area contributed by atoms with Crippen LogP contribution in [0.25, 0.3) is 15.7 Å². The van der Waals surface area contributed by atoms with Gasteiger partial charge in [0.05, 0.1) is 11.1 Å². The number of anilines is 1. The Hall–Kier alpha value is -2.91. The van der Waals surface area contributed by atoms with Gasteiger partial charge in [-0.2, -0.15) is 0 Å². The van der Waals surface area contributed by atoms with Gasteiger partial charge >= 0.3 is 5.97 Å². The molecule has 2 N–H and O–H groups in total. The van der Waals surface area contributed by atoms with E-state index in [1.54, 1.807) is 9.78 Å². The number of hydrogen-bond donors (Lipinski definition) is 2. The van der Waals surface area contributed by atoms with Crippen LogP contribution < -0.4 is 15.1 Å². The molecular formula is C22H19FN2O5S. The van der Waals surface area contributed by atoms with E-state index in [1.807, 2.05) is 11.0 Å². The predicted molar refractivity (Wildman–Crippen MR) is 114 cm³/mol. The van der Waals surface area contributed by atoms with Crippen LogP contribution in [0.2, 0.25) is 0 Å². The SMILES string of the molecule is O=C(O)c1c(=O)c2cc(F)c(N3CC4CC=CC(CO)C4C3)c3c2n2c(csc12)CO3. The number of pyridine rings is 1. The summed E-state index contributed by atoms with van der Waals surface area (Å²) in [6.07, 6.45) is 5.00. The number of thiazole rings is 1. The molecule has 1 aromatic carbocycles. The number of aliphatic hydroxyl groups excluding tert-OH is 1. The molecule has 3 unspecified atom stereocenters. The van der Waals surface area contributed by atoms with E-state index in [0.717, 1.165) is 18.2 Å². The average Bonchev–Trinajstić information content (AvgIpc) is 3.36. The van der Waals surface area contributed by atoms with Crippen LogP contribution in [-0.4, -0.2) is 40.3 Å². The van der Waals surface area contributed by atoms with Crippen molar-refractivity contribution in [2.75, 3.05) is 24.6 Å². The third kappa shape index (κ3) is 2.47. The molecule has 0 bridgehead atoms. The van der Waals surface area contributed by atoms with E-state index in [-0.39, 0.29) is 41.7 Å². The van der Waals surface area contributed by atoms with Crippen LogP contribution in [-0.2, 0) is 6.61 Å². The number of aromatic nitrogens is 1. The lowest BCUT2D eigenvalue weighted by Crippen LogP contribution is -2.27. The Morgan fingerprint density at radius 2 is 2.19 bits per heavy atom. The lowest BCUT2D eigenvalue weighted by molar-refractivity contribution is 0.0697. The lowest BCUT2D eigenvalue weighted by Gasteiger charge is -2.27. The van der Waals surface area contributed by atoms with Gasteiger partial charge in [-0.25, -0.2) is 9.18 Å². The molecule has 7 nitrogen and oxygen atoms in total. The topological polar surface area (TPSA) is 91.5 Å². The highest BCUT2D eigenvalue weighted by Crippen LogP contribution is 2.46. The Balaban J connectivity index is 1.59. The first kappa shape index (κ1) is 18.8. The Kier molecular flexibility index (Phi) is 3.97. The minimum atomic E-state index is -1.32. The molecule has 1 aliphatic carbocycles. The van der Waals surface area contributed by atoms with Gasteiger partial charge in [0.25, 0.3) is 0 Å². The molecule has 6 rings (SSSR count). The largest absolute Gasteiger partial charge is 0.483 e. The average molecular weight is 442 g/mol. The van der Waals surface area contributed by atoms with Gasteiger partial charge < -0.3 is 19.8 Å². The van der Waals surface area contributed by atoms with Gasteiger partial charge in [0.15, 0.2) is 11.6 Å². The first-order valence-corrected chi connectivity index (χ1v) is 11.1. The van der Waals surface area contributed by atoms with Gasteiger partial charge in [-0.05, 0) is 24.3 Å². The summed E-state index contributed by atoms with van der Waals surface area (Å²) in [6.45, 7) is 1.44. The Morgan fingerprint density at radius 1 is 1.35 bits per heavy atom. The number of aliphatic hydroxyl groups is 1. The third-order valence-corrected chi connectivity index (χ3v) is 7.86. The number of rotatable bonds is 3. The second kappa shape index (κ2) is 6.54. The van der Waals surface area contributed by atoms with Crippen LogP contribution in [0.1, 0.15) is 22.5 Å². The van der Waals surface area contributed by atoms with Crippen LogP contribution in [0.3, 0.4) is 0 Å². The molecule has 1 saturated heterocycles. The Morgan fingerprint density at radius 3 is 2.97 bits per heavy atom. The van der Waals surface area contributed by atoms with Crippen LogP contribution in [0.15, 0.2) is 28.4 Å². The number of hydrogen-bond acceptors (Lipinski definition) is 6. The van der Waals surface area contributed by atoms with Crippen LogP contribution in [0, 0.1) is 23.6 Å². The third-order valence-electron chi connectivity index (χ3n) is 6.86. The smallest absolute Gasteiger partial charge is 0.342 e. The quantitative estimate of drug-likeness (QED) is 0.606. The summed E-state index contributed by atoms with van der Waals surface area (Å²) < 4.78 is 23.2. The molecule has 2 aliphatic heterocycles. The maximum Gasteiger partial charge on any atom is 0.342 e. The van der Waals surface area contributed by atoms with Crippen molar-refractivity contribution >= 4 is 38.7 Å². The van der Waals surface area contributed by atoms with E-state index in [2.05, 4.69) is 6.08 Å². The number of halogens is 1. The minimum absolute atomic E-state index is 0.0111. The highest BCUT2D eigenvalue weighted by atomic mass is 32.1. The van der Waals surface area contributed by atoms with Crippen molar-refractivity contribution in [3.8, 4) is 5.75 Å². The fourth-order valence-electron chi connectivity index (χ4n) is 5.45. The second-order valence-electron chi connectivity index (χ2n) is 8.44. The van der Waals surface area contributed by atoms with Crippen molar-refractivity contribution in [1.82, 2.24) is 4.40 Å². The Bertz CT molecular complexity index is 1360. The molecule has 0 saturated carbocycles. The molecule has 160 valence electrons. The number of carboxylic acid groups (broad SMARTS) is 1. The van der Waals surface area contributed by atoms with Crippen molar-refractivity contribution in [2.24, 2.45) is 17.8 Å². The van der Waals surface area contributed by atoms with Crippen LogP contribution in [0.5, 0.6) is 5.75 Å². The summed E-state index contributed by atoms with van der Waals surface area (Å²) in [5.74, 6) is -1.06. The molecule has 3 aliphatic rings. The van der Waals surface area contributed by atoms with E-state index >= 15 is 4.39 Å². The summed E-state index contributed by atoms with van der Waals surface area (Å²) in [5.41, 5.74) is 0.431. The number of fused-ring (bicyclic) bond motifs is 1. The number of benzene rings is 1. The summed E-state index contributed by atoms with van der Waals surface area (Å²) >= 11 is 1.18. The second-order valence-corrected chi connectivity index (χ2v) is 9.30. The Labute approximate surface area is 179 Å². The molecule has 2 aromatic heterocycles. The van der Waals surface area contributed by atoms with Crippen molar-refractivity contribution in [3.63, 3.8) is 0 Å². The van der Waals surface area contributed by atoms with Crippen molar-refractivity contribution in [3.05, 3.63) is 50.9 Å². The van der Waals surface area contributed by atoms with E-state index in [9.17, 15) is 19.8 Å². The fourth-order valence-corrected chi connectivity index (χ4v) is 6.49. The molecule has 0 spiro atoms. The molecule has 1 fully saturated rings. The van der Waals surface area contributed by atoms with Crippen LogP contribution in [0.4, 0.5) is 10.1 Å². The van der Waals surface area contributed by atoms with Gasteiger partial charge in [0, 0.05) is 31.0 Å². The highest BCUT2D eigenvalue weighted by molar-refractivity contribution is 7.16. The van der Waals surface area contributed by atoms with Crippen molar-refractivity contribution in [2.45, 2.75) is 13.0 Å². The molecule has 0 amide bonds. The first-order valence-electron chi connectivity index (χ1n) is 10.2. The monoisotopic (exact) mass is 442 g/mol. The molecular weight excluding hydrogens is 423 g/mol. The van der Waals surface area contributed by atoms with Gasteiger partial charge in [0.2, 0.25) is 5.43 Å². The van der Waals surface area contributed by atoms with Crippen molar-refractivity contribution in [1.29, 1.82) is 0 Å². The number of allylic oxidation sites excluding steroid dienone is 1. The van der Waals surface area contributed by atoms with E-state index in [4.69, 9.17) is 4.74 Å². The maximum atomic E-state index is 15.5. The zero-order valence-electron chi connectivity index (χ0n) is 16.4. The predicted octanol–water partition coefficient (Wildman–Crippen LogP) is 2.86. The normalized spacial score (nSPS) is 24.2. The summed E-state index contributed by atoms with van der Waals surface area (Å²) in [7, 11) is 0. The van der Waals surface area contributed by atoms with E-state index < -0.39 is 17.2 Å². The molecule has 3 atom stereocenters. The maximum absolute atomic E-state index is 15.5. The number of aromatic carboxylic acids is 1. The number of nitrogens with zero attached hydrogens (tertiary/aromatic N) is 2. The molecule has 3 aromatic rings. The lowest BCUT2D eigenvalue weighted by atomic mass is 9.78. The molecule has 0 radical (unpaired) electrons. The minimum Gasteiger partial charge on any atom is -0.483 e. The first-order chi connectivity index (χ1) is 15.0. The summed E-state index contributed by atoms with van der Waals surface area (Å²) in [6, 6.07) is 1.15. The van der Waals surface area contributed by atoms with Crippen LogP contribution >= 0.6 is 11.3 Å². The van der Waals surface area contributed by atoms with Gasteiger partial charge in [-0.1, -0.05) is 12.2 Å². The van der Waals surface area contributed by atoms with Gasteiger partial charge in [0.1, 0.15) is 28.2 Å². The summed E-state index contributed by atoms with van der Waals surface area (Å²) in [4.78, 5) is 27.1. The zero-order chi connectivity index (χ0) is 21.4. The highest BCUT2D eigenvalue weighted by Gasteiger charge is 2.41. The molecule has 4 heterocycles. The number of carboxylic acids is 1.